The van der Waals surface area contributed by atoms with Crippen molar-refractivity contribution in [2.75, 3.05) is 13.6 Å². The van der Waals surface area contributed by atoms with Gasteiger partial charge in [0.15, 0.2) is 0 Å². The number of hydrogen-bond donors (Lipinski definition) is 3. The fraction of sp³-hybridized carbons (Fsp3) is 0.500. The molecule has 3 N–H and O–H groups in total. The highest BCUT2D eigenvalue weighted by molar-refractivity contribution is 5.95. The van der Waals surface area contributed by atoms with Crippen LogP contribution in [-0.2, 0) is 0 Å². The average Bonchev–Trinajstić information content (AvgIpc) is 2.32. The number of aromatic hydroxyl groups is 2. The van der Waals surface area contributed by atoms with E-state index >= 15 is 0 Å². The monoisotopic (exact) mass is 264 g/mol. The number of benzene rings is 1. The van der Waals surface area contributed by atoms with Crippen molar-refractivity contribution in [1.82, 2.24) is 10.2 Å². The van der Waals surface area contributed by atoms with E-state index in [0.29, 0.717) is 6.04 Å². The van der Waals surface area contributed by atoms with E-state index in [2.05, 4.69) is 24.2 Å². The number of phenolic OH excluding ortho intramolecular Hbond substituents is 2. The number of carbonyl (C=O) groups is 1. The van der Waals surface area contributed by atoms with E-state index in [4.69, 9.17) is 0 Å². The van der Waals surface area contributed by atoms with Gasteiger partial charge in [0.1, 0.15) is 11.5 Å². The third-order valence-electron chi connectivity index (χ3n) is 3.71. The molecule has 1 aliphatic heterocycles. The standard InChI is InChI=1S/C14H20N2O3/c1-9-5-11(3-4-16(9)2)15-14(19)10-6-12(17)8-13(18)7-10/h6-9,11,17-18H,3-5H2,1-2H3,(H,15,19). The molecule has 0 aromatic heterocycles. The van der Waals surface area contributed by atoms with Crippen molar-refractivity contribution in [2.24, 2.45) is 0 Å². The van der Waals surface area contributed by atoms with E-state index in [0.717, 1.165) is 19.4 Å². The zero-order valence-electron chi connectivity index (χ0n) is 11.3. The fourth-order valence-electron chi connectivity index (χ4n) is 2.42. The van der Waals surface area contributed by atoms with Gasteiger partial charge in [0.2, 0.25) is 0 Å². The first kappa shape index (κ1) is 13.7. The summed E-state index contributed by atoms with van der Waals surface area (Å²) in [4.78, 5) is 14.3. The predicted molar refractivity (Wildman–Crippen MR) is 72.4 cm³/mol. The van der Waals surface area contributed by atoms with Crippen LogP contribution in [0.4, 0.5) is 0 Å². The van der Waals surface area contributed by atoms with Gasteiger partial charge >= 0.3 is 0 Å². The molecule has 0 saturated carbocycles. The summed E-state index contributed by atoms with van der Waals surface area (Å²) in [5, 5.41) is 21.7. The van der Waals surface area contributed by atoms with Crippen LogP contribution in [0.3, 0.4) is 0 Å². The minimum absolute atomic E-state index is 0.109. The average molecular weight is 264 g/mol. The second-order valence-electron chi connectivity index (χ2n) is 5.26. The number of nitrogens with one attached hydrogen (secondary N) is 1. The summed E-state index contributed by atoms with van der Waals surface area (Å²) >= 11 is 0. The maximum absolute atomic E-state index is 12.1. The Bertz CT molecular complexity index is 456. The van der Waals surface area contributed by atoms with Crippen molar-refractivity contribution in [1.29, 1.82) is 0 Å². The Labute approximate surface area is 112 Å². The van der Waals surface area contributed by atoms with E-state index in [1.54, 1.807) is 0 Å². The summed E-state index contributed by atoms with van der Waals surface area (Å²) in [6, 6.07) is 4.50. The number of phenols is 2. The lowest BCUT2D eigenvalue weighted by Gasteiger charge is -2.35. The molecule has 2 rings (SSSR count). The van der Waals surface area contributed by atoms with Gasteiger partial charge in [0, 0.05) is 30.3 Å². The van der Waals surface area contributed by atoms with Gasteiger partial charge in [0.05, 0.1) is 0 Å². The first-order chi connectivity index (χ1) is 8.95. The molecule has 1 fully saturated rings. The molecule has 1 aromatic rings. The SMILES string of the molecule is CC1CC(NC(=O)c2cc(O)cc(O)c2)CCN1C. The van der Waals surface area contributed by atoms with Crippen LogP contribution in [-0.4, -0.2) is 46.7 Å². The van der Waals surface area contributed by atoms with E-state index < -0.39 is 0 Å². The summed E-state index contributed by atoms with van der Waals surface area (Å²) in [7, 11) is 2.08. The van der Waals surface area contributed by atoms with Crippen LogP contribution in [0, 0.1) is 0 Å². The van der Waals surface area contributed by atoms with E-state index in [-0.39, 0.29) is 29.0 Å². The van der Waals surface area contributed by atoms with Crippen LogP contribution in [0.15, 0.2) is 18.2 Å². The Balaban J connectivity index is 2.01. The van der Waals surface area contributed by atoms with Crippen LogP contribution in [0.5, 0.6) is 11.5 Å². The molecular formula is C14H20N2O3. The van der Waals surface area contributed by atoms with E-state index in [1.165, 1.54) is 18.2 Å². The summed E-state index contributed by atoms with van der Waals surface area (Å²) in [6.45, 7) is 3.09. The number of hydrogen-bond acceptors (Lipinski definition) is 4. The zero-order chi connectivity index (χ0) is 14.0. The first-order valence-electron chi connectivity index (χ1n) is 6.50. The second-order valence-corrected chi connectivity index (χ2v) is 5.26. The van der Waals surface area contributed by atoms with E-state index in [1.807, 2.05) is 0 Å². The van der Waals surface area contributed by atoms with Gasteiger partial charge in [-0.15, -0.1) is 0 Å². The van der Waals surface area contributed by atoms with Crippen LogP contribution in [0.25, 0.3) is 0 Å². The molecule has 0 radical (unpaired) electrons. The maximum Gasteiger partial charge on any atom is 0.251 e. The summed E-state index contributed by atoms with van der Waals surface area (Å²) in [5.41, 5.74) is 0.282. The molecule has 104 valence electrons. The number of nitrogens with zero attached hydrogens (tertiary/aromatic N) is 1. The van der Waals surface area contributed by atoms with Crippen LogP contribution in [0.2, 0.25) is 0 Å². The van der Waals surface area contributed by atoms with Gasteiger partial charge in [0.25, 0.3) is 5.91 Å². The predicted octanol–water partition coefficient (Wildman–Crippen LogP) is 1.31. The molecule has 2 unspecified atom stereocenters. The lowest BCUT2D eigenvalue weighted by Crippen LogP contribution is -2.47. The number of amides is 1. The highest BCUT2D eigenvalue weighted by Gasteiger charge is 2.24. The van der Waals surface area contributed by atoms with Crippen LogP contribution >= 0.6 is 0 Å². The molecule has 1 heterocycles. The summed E-state index contributed by atoms with van der Waals surface area (Å²) < 4.78 is 0. The van der Waals surface area contributed by atoms with Gasteiger partial charge in [-0.05, 0) is 38.9 Å². The third kappa shape index (κ3) is 3.38. The molecule has 1 amide bonds. The van der Waals surface area contributed by atoms with Crippen LogP contribution < -0.4 is 5.32 Å². The Morgan fingerprint density at radius 1 is 1.32 bits per heavy atom. The molecule has 5 heteroatoms. The molecule has 1 aliphatic rings. The molecule has 0 bridgehead atoms. The number of rotatable bonds is 2. The second kappa shape index (κ2) is 5.48. The number of carbonyl (C=O) groups excluding carboxylic acids is 1. The Morgan fingerprint density at radius 3 is 2.53 bits per heavy atom. The molecule has 1 saturated heterocycles. The highest BCUT2D eigenvalue weighted by atomic mass is 16.3. The molecule has 1 aromatic carbocycles. The smallest absolute Gasteiger partial charge is 0.251 e. The molecule has 5 nitrogen and oxygen atoms in total. The molecule has 0 aliphatic carbocycles. The minimum atomic E-state index is -0.257. The van der Waals surface area contributed by atoms with Gasteiger partial charge in [-0.3, -0.25) is 4.79 Å². The molecular weight excluding hydrogens is 244 g/mol. The summed E-state index contributed by atoms with van der Waals surface area (Å²) in [6.07, 6.45) is 1.82. The maximum atomic E-state index is 12.1. The highest BCUT2D eigenvalue weighted by Crippen LogP contribution is 2.21. The van der Waals surface area contributed by atoms with Gasteiger partial charge in [-0.2, -0.15) is 0 Å². The van der Waals surface area contributed by atoms with Crippen molar-refractivity contribution < 1.29 is 15.0 Å². The van der Waals surface area contributed by atoms with Gasteiger partial charge in [-0.1, -0.05) is 0 Å². The third-order valence-corrected chi connectivity index (χ3v) is 3.71. The van der Waals surface area contributed by atoms with Crippen molar-refractivity contribution in [3.8, 4) is 11.5 Å². The Morgan fingerprint density at radius 2 is 1.95 bits per heavy atom. The zero-order valence-corrected chi connectivity index (χ0v) is 11.3. The minimum Gasteiger partial charge on any atom is -0.508 e. The first-order valence-corrected chi connectivity index (χ1v) is 6.50. The molecule has 2 atom stereocenters. The number of likely N-dealkylation sites (tertiary alicyclic amines) is 1. The van der Waals surface area contributed by atoms with Crippen molar-refractivity contribution in [3.63, 3.8) is 0 Å². The van der Waals surface area contributed by atoms with Crippen molar-refractivity contribution >= 4 is 5.91 Å². The van der Waals surface area contributed by atoms with Crippen LogP contribution in [0.1, 0.15) is 30.1 Å². The molecule has 19 heavy (non-hydrogen) atoms. The van der Waals surface area contributed by atoms with E-state index in [9.17, 15) is 15.0 Å². The fourth-order valence-corrected chi connectivity index (χ4v) is 2.42. The normalized spacial score (nSPS) is 24.1. The Kier molecular flexibility index (Phi) is 3.95. The Hall–Kier alpha value is -1.75. The lowest BCUT2D eigenvalue weighted by molar-refractivity contribution is 0.0895. The van der Waals surface area contributed by atoms with Gasteiger partial charge < -0.3 is 20.4 Å². The number of piperidine rings is 1. The largest absolute Gasteiger partial charge is 0.508 e. The topological polar surface area (TPSA) is 72.8 Å². The van der Waals surface area contributed by atoms with Crippen molar-refractivity contribution in [3.05, 3.63) is 23.8 Å². The van der Waals surface area contributed by atoms with Gasteiger partial charge in [-0.25, -0.2) is 0 Å². The molecule has 0 spiro atoms. The lowest BCUT2D eigenvalue weighted by atomic mass is 9.98. The van der Waals surface area contributed by atoms with Crippen molar-refractivity contribution in [2.45, 2.75) is 31.8 Å². The quantitative estimate of drug-likeness (QED) is 0.753. The summed E-state index contributed by atoms with van der Waals surface area (Å²) in [5.74, 6) is -0.475.